The molecule has 1 aliphatic rings. The number of esters is 1. The van der Waals surface area contributed by atoms with Crippen molar-refractivity contribution >= 4 is 16.0 Å². The molecule has 1 N–H and O–H groups in total. The Labute approximate surface area is 102 Å². The molecular weight excluding hydrogens is 244 g/mol. The van der Waals surface area contributed by atoms with Crippen molar-refractivity contribution in [2.75, 3.05) is 33.0 Å². The Morgan fingerprint density at radius 3 is 2.76 bits per heavy atom. The molecule has 0 aliphatic carbocycles. The van der Waals surface area contributed by atoms with Crippen LogP contribution in [0.1, 0.15) is 19.3 Å². The van der Waals surface area contributed by atoms with Crippen molar-refractivity contribution in [2.45, 2.75) is 25.3 Å². The number of rotatable bonds is 6. The van der Waals surface area contributed by atoms with Gasteiger partial charge in [0.15, 0.2) is 0 Å². The topological polar surface area (TPSA) is 75.7 Å². The molecule has 1 heterocycles. The van der Waals surface area contributed by atoms with Gasteiger partial charge in [-0.25, -0.2) is 12.7 Å². The number of hydrogen-bond acceptors (Lipinski definition) is 5. The van der Waals surface area contributed by atoms with Gasteiger partial charge in [-0.15, -0.1) is 0 Å². The Bertz CT molecular complexity index is 355. The van der Waals surface area contributed by atoms with Crippen LogP contribution in [-0.2, 0) is 19.6 Å². The van der Waals surface area contributed by atoms with Crippen LogP contribution in [0, 0.1) is 0 Å². The molecule has 100 valence electrons. The van der Waals surface area contributed by atoms with E-state index in [1.807, 2.05) is 7.05 Å². The van der Waals surface area contributed by atoms with Gasteiger partial charge in [0.2, 0.25) is 10.0 Å². The second-order valence-electron chi connectivity index (χ2n) is 4.13. The van der Waals surface area contributed by atoms with E-state index >= 15 is 0 Å². The van der Waals surface area contributed by atoms with Gasteiger partial charge in [-0.3, -0.25) is 4.79 Å². The van der Waals surface area contributed by atoms with E-state index in [0.717, 1.165) is 6.42 Å². The summed E-state index contributed by atoms with van der Waals surface area (Å²) in [6, 6.07) is 0.241. The largest absolute Gasteiger partial charge is 0.469 e. The van der Waals surface area contributed by atoms with E-state index in [1.165, 1.54) is 11.4 Å². The highest BCUT2D eigenvalue weighted by Crippen LogP contribution is 2.15. The first kappa shape index (κ1) is 14.4. The van der Waals surface area contributed by atoms with Crippen molar-refractivity contribution in [3.63, 3.8) is 0 Å². The number of sulfonamides is 1. The zero-order valence-corrected chi connectivity index (χ0v) is 11.1. The van der Waals surface area contributed by atoms with Crippen LogP contribution in [0.25, 0.3) is 0 Å². The second kappa shape index (κ2) is 6.32. The van der Waals surface area contributed by atoms with Gasteiger partial charge in [0.05, 0.1) is 12.9 Å². The molecule has 0 aromatic rings. The van der Waals surface area contributed by atoms with Crippen LogP contribution >= 0.6 is 0 Å². The second-order valence-corrected chi connectivity index (χ2v) is 6.22. The van der Waals surface area contributed by atoms with Crippen molar-refractivity contribution in [3.05, 3.63) is 0 Å². The van der Waals surface area contributed by atoms with Crippen LogP contribution in [0.15, 0.2) is 0 Å². The van der Waals surface area contributed by atoms with E-state index in [4.69, 9.17) is 0 Å². The number of carbonyl (C=O) groups is 1. The van der Waals surface area contributed by atoms with Crippen molar-refractivity contribution in [2.24, 2.45) is 0 Å². The maximum atomic E-state index is 11.9. The van der Waals surface area contributed by atoms with E-state index in [0.29, 0.717) is 19.5 Å². The molecule has 1 atom stereocenters. The maximum absolute atomic E-state index is 11.9. The third-order valence-corrected chi connectivity index (χ3v) is 4.89. The van der Waals surface area contributed by atoms with Gasteiger partial charge in [-0.1, -0.05) is 0 Å². The zero-order valence-electron chi connectivity index (χ0n) is 10.3. The number of carbonyl (C=O) groups excluding carboxylic acids is 1. The van der Waals surface area contributed by atoms with Crippen LogP contribution in [-0.4, -0.2) is 57.7 Å². The number of likely N-dealkylation sites (N-methyl/N-ethyl adjacent to an activating group) is 1. The number of ether oxygens (including phenoxy) is 1. The highest BCUT2D eigenvalue weighted by atomic mass is 32.2. The molecule has 0 bridgehead atoms. The molecule has 1 rings (SSSR count). The molecule has 0 aromatic heterocycles. The van der Waals surface area contributed by atoms with Crippen molar-refractivity contribution in [1.82, 2.24) is 9.62 Å². The average Bonchev–Trinajstić information content (AvgIpc) is 2.77. The maximum Gasteiger partial charge on any atom is 0.305 e. The molecule has 0 radical (unpaired) electrons. The SMILES string of the molecule is CNC1CCN(S(=O)(=O)CCCC(=O)OC)C1. The molecule has 1 unspecified atom stereocenters. The van der Waals surface area contributed by atoms with Crippen LogP contribution in [0.3, 0.4) is 0 Å². The summed E-state index contributed by atoms with van der Waals surface area (Å²) >= 11 is 0. The van der Waals surface area contributed by atoms with Gasteiger partial charge >= 0.3 is 5.97 Å². The number of methoxy groups -OCH3 is 1. The van der Waals surface area contributed by atoms with E-state index in [1.54, 1.807) is 0 Å². The molecule has 17 heavy (non-hydrogen) atoms. The summed E-state index contributed by atoms with van der Waals surface area (Å²) < 4.78 is 29.8. The fourth-order valence-corrected chi connectivity index (χ4v) is 3.40. The summed E-state index contributed by atoms with van der Waals surface area (Å²) in [6.07, 6.45) is 1.31. The highest BCUT2D eigenvalue weighted by Gasteiger charge is 2.30. The summed E-state index contributed by atoms with van der Waals surface area (Å²) in [5.41, 5.74) is 0. The molecule has 1 aliphatic heterocycles. The Hall–Kier alpha value is -0.660. The fraction of sp³-hybridized carbons (Fsp3) is 0.900. The summed E-state index contributed by atoms with van der Waals surface area (Å²) in [5, 5.41) is 3.07. The van der Waals surface area contributed by atoms with E-state index in [9.17, 15) is 13.2 Å². The van der Waals surface area contributed by atoms with Gasteiger partial charge in [0.25, 0.3) is 0 Å². The molecule has 0 spiro atoms. The standard InChI is InChI=1S/C10H20N2O4S/c1-11-9-5-6-12(8-9)17(14,15)7-3-4-10(13)16-2/h9,11H,3-8H2,1-2H3. The quantitative estimate of drug-likeness (QED) is 0.658. The van der Waals surface area contributed by atoms with Crippen LogP contribution in [0.5, 0.6) is 0 Å². The molecular formula is C10H20N2O4S. The molecule has 1 fully saturated rings. The van der Waals surface area contributed by atoms with E-state index in [2.05, 4.69) is 10.1 Å². The predicted molar refractivity (Wildman–Crippen MR) is 64.1 cm³/mol. The van der Waals surface area contributed by atoms with Crippen LogP contribution in [0.4, 0.5) is 0 Å². The first-order chi connectivity index (χ1) is 7.99. The van der Waals surface area contributed by atoms with Crippen LogP contribution in [0.2, 0.25) is 0 Å². The lowest BCUT2D eigenvalue weighted by atomic mass is 10.3. The first-order valence-electron chi connectivity index (χ1n) is 5.71. The Morgan fingerprint density at radius 1 is 1.53 bits per heavy atom. The molecule has 6 nitrogen and oxygen atoms in total. The molecule has 0 aromatic carbocycles. The molecule has 0 amide bonds. The Morgan fingerprint density at radius 2 is 2.24 bits per heavy atom. The van der Waals surface area contributed by atoms with Gasteiger partial charge in [0, 0.05) is 25.6 Å². The Kier molecular flexibility index (Phi) is 5.35. The van der Waals surface area contributed by atoms with Gasteiger partial charge in [-0.2, -0.15) is 0 Å². The van der Waals surface area contributed by atoms with Gasteiger partial charge in [-0.05, 0) is 19.9 Å². The fourth-order valence-electron chi connectivity index (χ4n) is 1.85. The van der Waals surface area contributed by atoms with Crippen molar-refractivity contribution in [1.29, 1.82) is 0 Å². The number of hydrogen-bond donors (Lipinski definition) is 1. The first-order valence-corrected chi connectivity index (χ1v) is 7.32. The minimum Gasteiger partial charge on any atom is -0.469 e. The summed E-state index contributed by atoms with van der Waals surface area (Å²) in [5.74, 6) is -0.354. The van der Waals surface area contributed by atoms with Crippen LogP contribution < -0.4 is 5.32 Å². The lowest BCUT2D eigenvalue weighted by Crippen LogP contribution is -2.34. The summed E-state index contributed by atoms with van der Waals surface area (Å²) in [7, 11) is -0.0895. The summed E-state index contributed by atoms with van der Waals surface area (Å²) in [6.45, 7) is 1.09. The molecule has 7 heteroatoms. The van der Waals surface area contributed by atoms with E-state index in [-0.39, 0.29) is 24.2 Å². The Balaban J connectivity index is 2.39. The van der Waals surface area contributed by atoms with Crippen molar-refractivity contribution in [3.8, 4) is 0 Å². The normalized spacial score (nSPS) is 21.6. The minimum atomic E-state index is -3.22. The lowest BCUT2D eigenvalue weighted by molar-refractivity contribution is -0.140. The summed E-state index contributed by atoms with van der Waals surface area (Å²) in [4.78, 5) is 10.9. The predicted octanol–water partition coefficient (Wildman–Crippen LogP) is -0.437. The number of nitrogens with one attached hydrogen (secondary N) is 1. The molecule has 0 saturated carbocycles. The van der Waals surface area contributed by atoms with Gasteiger partial charge in [0.1, 0.15) is 0 Å². The zero-order chi connectivity index (χ0) is 12.9. The smallest absolute Gasteiger partial charge is 0.305 e. The van der Waals surface area contributed by atoms with Crippen molar-refractivity contribution < 1.29 is 17.9 Å². The third-order valence-electron chi connectivity index (χ3n) is 2.96. The highest BCUT2D eigenvalue weighted by molar-refractivity contribution is 7.89. The molecule has 1 saturated heterocycles. The van der Waals surface area contributed by atoms with E-state index < -0.39 is 10.0 Å². The average molecular weight is 264 g/mol. The number of nitrogens with zero attached hydrogens (tertiary/aromatic N) is 1. The lowest BCUT2D eigenvalue weighted by Gasteiger charge is -2.16. The third kappa shape index (κ3) is 4.25. The monoisotopic (exact) mass is 264 g/mol. The minimum absolute atomic E-state index is 0.0124. The van der Waals surface area contributed by atoms with Gasteiger partial charge < -0.3 is 10.1 Å².